The van der Waals surface area contributed by atoms with Crippen molar-refractivity contribution in [3.05, 3.63) is 0 Å². The molecule has 0 aromatic carbocycles. The molecule has 0 aliphatic carbocycles. The van der Waals surface area contributed by atoms with Gasteiger partial charge in [0.15, 0.2) is 0 Å². The molecule has 1 saturated heterocycles. The van der Waals surface area contributed by atoms with Gasteiger partial charge in [0, 0.05) is 31.3 Å². The summed E-state index contributed by atoms with van der Waals surface area (Å²) in [4.78, 5) is 11.4. The van der Waals surface area contributed by atoms with Crippen molar-refractivity contribution in [2.75, 3.05) is 24.6 Å². The van der Waals surface area contributed by atoms with Crippen LogP contribution in [0.5, 0.6) is 0 Å². The van der Waals surface area contributed by atoms with Crippen LogP contribution in [0.4, 0.5) is 0 Å². The smallest absolute Gasteiger partial charge is 0.221 e. The van der Waals surface area contributed by atoms with Crippen molar-refractivity contribution in [1.29, 1.82) is 0 Å². The Morgan fingerprint density at radius 2 is 2.18 bits per heavy atom. The second-order valence-electron chi connectivity index (χ2n) is 5.42. The molecule has 0 aromatic heterocycles. The molecule has 0 bridgehead atoms. The van der Waals surface area contributed by atoms with Crippen LogP contribution in [0.15, 0.2) is 0 Å². The second kappa shape index (κ2) is 7.27. The molecule has 100 valence electrons. The van der Waals surface area contributed by atoms with E-state index < -0.39 is 0 Å². The van der Waals surface area contributed by atoms with E-state index >= 15 is 0 Å². The predicted octanol–water partition coefficient (Wildman–Crippen LogP) is 2.02. The highest BCUT2D eigenvalue weighted by Gasteiger charge is 2.31. The number of rotatable bonds is 6. The number of carbonyl (C=O) groups excluding carboxylic acids is 1. The summed E-state index contributed by atoms with van der Waals surface area (Å²) in [7, 11) is 0. The van der Waals surface area contributed by atoms with Gasteiger partial charge in [-0.3, -0.25) is 4.79 Å². The Labute approximate surface area is 109 Å². The molecule has 1 amide bonds. The molecule has 1 rings (SSSR count). The molecule has 17 heavy (non-hydrogen) atoms. The molecule has 0 saturated carbocycles. The van der Waals surface area contributed by atoms with E-state index in [0.717, 1.165) is 19.5 Å². The third-order valence-corrected chi connectivity index (χ3v) is 4.50. The fraction of sp³-hybridized carbons (Fsp3) is 0.923. The number of nitrogens with one attached hydrogen (secondary N) is 2. The van der Waals surface area contributed by atoms with Crippen LogP contribution in [0, 0.1) is 5.41 Å². The molecule has 0 aromatic rings. The molecule has 1 unspecified atom stereocenters. The highest BCUT2D eigenvalue weighted by molar-refractivity contribution is 7.99. The van der Waals surface area contributed by atoms with Crippen molar-refractivity contribution < 1.29 is 4.79 Å². The van der Waals surface area contributed by atoms with Gasteiger partial charge in [0.1, 0.15) is 0 Å². The van der Waals surface area contributed by atoms with Gasteiger partial charge < -0.3 is 10.6 Å². The van der Waals surface area contributed by atoms with E-state index in [1.165, 1.54) is 17.9 Å². The van der Waals surface area contributed by atoms with E-state index in [1.54, 1.807) is 0 Å². The predicted molar refractivity (Wildman–Crippen MR) is 75.4 cm³/mol. The summed E-state index contributed by atoms with van der Waals surface area (Å²) in [5.41, 5.74) is 0.366. The average molecular weight is 258 g/mol. The lowest BCUT2D eigenvalue weighted by Crippen LogP contribution is -2.47. The van der Waals surface area contributed by atoms with Crippen molar-refractivity contribution in [3.63, 3.8) is 0 Å². The lowest BCUT2D eigenvalue weighted by atomic mass is 9.82. The molecule has 0 radical (unpaired) electrons. The Morgan fingerprint density at radius 3 is 2.82 bits per heavy atom. The Kier molecular flexibility index (Phi) is 6.34. The Morgan fingerprint density at radius 1 is 1.41 bits per heavy atom. The van der Waals surface area contributed by atoms with Crippen LogP contribution in [0.25, 0.3) is 0 Å². The first-order chi connectivity index (χ1) is 8.06. The zero-order valence-electron chi connectivity index (χ0n) is 11.3. The quantitative estimate of drug-likeness (QED) is 0.766. The van der Waals surface area contributed by atoms with Crippen molar-refractivity contribution in [2.45, 2.75) is 46.1 Å². The van der Waals surface area contributed by atoms with E-state index in [-0.39, 0.29) is 5.91 Å². The number of hydrogen-bond acceptors (Lipinski definition) is 3. The van der Waals surface area contributed by atoms with Crippen LogP contribution < -0.4 is 10.6 Å². The van der Waals surface area contributed by atoms with Crippen molar-refractivity contribution in [3.8, 4) is 0 Å². The van der Waals surface area contributed by atoms with Crippen LogP contribution in [0.1, 0.15) is 40.0 Å². The lowest BCUT2D eigenvalue weighted by molar-refractivity contribution is -0.121. The highest BCUT2D eigenvalue weighted by Crippen LogP contribution is 2.33. The molecule has 4 heteroatoms. The second-order valence-corrected chi connectivity index (χ2v) is 6.57. The fourth-order valence-corrected chi connectivity index (χ4v) is 3.63. The third-order valence-electron chi connectivity index (χ3n) is 3.43. The molecule has 3 nitrogen and oxygen atoms in total. The van der Waals surface area contributed by atoms with E-state index in [4.69, 9.17) is 0 Å². The summed E-state index contributed by atoms with van der Waals surface area (Å²) in [5.74, 6) is 2.60. The summed E-state index contributed by atoms with van der Waals surface area (Å²) >= 11 is 2.01. The minimum atomic E-state index is 0.167. The van der Waals surface area contributed by atoms with Gasteiger partial charge in [-0.05, 0) is 24.0 Å². The molecule has 2 N–H and O–H groups in total. The zero-order chi connectivity index (χ0) is 12.7. The Bertz CT molecular complexity index is 244. The van der Waals surface area contributed by atoms with Gasteiger partial charge in [-0.2, -0.15) is 11.8 Å². The molecular formula is C13H26N2OS. The maximum absolute atomic E-state index is 11.4. The van der Waals surface area contributed by atoms with Crippen LogP contribution in [-0.4, -0.2) is 36.5 Å². The lowest BCUT2D eigenvalue weighted by Gasteiger charge is -2.38. The number of amides is 1. The molecule has 1 heterocycles. The van der Waals surface area contributed by atoms with E-state index in [0.29, 0.717) is 17.9 Å². The van der Waals surface area contributed by atoms with E-state index in [2.05, 4.69) is 31.4 Å². The monoisotopic (exact) mass is 258 g/mol. The molecule has 1 aliphatic rings. The largest absolute Gasteiger partial charge is 0.356 e. The van der Waals surface area contributed by atoms with Crippen LogP contribution in [0.3, 0.4) is 0 Å². The van der Waals surface area contributed by atoms with Crippen LogP contribution in [0.2, 0.25) is 0 Å². The van der Waals surface area contributed by atoms with E-state index in [1.807, 2.05) is 11.8 Å². The fourth-order valence-electron chi connectivity index (χ4n) is 1.98. The molecule has 1 fully saturated rings. The first kappa shape index (κ1) is 14.8. The van der Waals surface area contributed by atoms with Crippen LogP contribution >= 0.6 is 11.8 Å². The maximum Gasteiger partial charge on any atom is 0.221 e. The number of thioether (sulfide) groups is 1. The van der Waals surface area contributed by atoms with Gasteiger partial charge >= 0.3 is 0 Å². The summed E-state index contributed by atoms with van der Waals surface area (Å²) in [5, 5.41) is 6.44. The summed E-state index contributed by atoms with van der Waals surface area (Å²) < 4.78 is 0. The number of carbonyl (C=O) groups is 1. The summed E-state index contributed by atoms with van der Waals surface area (Å²) in [6.45, 7) is 8.30. The molecular weight excluding hydrogens is 232 g/mol. The van der Waals surface area contributed by atoms with Gasteiger partial charge in [-0.25, -0.2) is 0 Å². The SMILES string of the molecule is CCCNC(=O)CCNC1CSCCC1(C)C. The molecule has 1 aliphatic heterocycles. The third kappa shape index (κ3) is 5.30. The van der Waals surface area contributed by atoms with Crippen molar-refractivity contribution in [2.24, 2.45) is 5.41 Å². The first-order valence-corrected chi connectivity index (χ1v) is 7.79. The topological polar surface area (TPSA) is 41.1 Å². The highest BCUT2D eigenvalue weighted by atomic mass is 32.2. The van der Waals surface area contributed by atoms with Crippen molar-refractivity contribution >= 4 is 17.7 Å². The molecule has 1 atom stereocenters. The Balaban J connectivity index is 2.19. The van der Waals surface area contributed by atoms with Gasteiger partial charge in [0.2, 0.25) is 5.91 Å². The van der Waals surface area contributed by atoms with Gasteiger partial charge in [0.25, 0.3) is 0 Å². The minimum Gasteiger partial charge on any atom is -0.356 e. The standard InChI is InChI=1S/C13H26N2OS/c1-4-7-15-12(16)5-8-14-11-10-17-9-6-13(11,2)3/h11,14H,4-10H2,1-3H3,(H,15,16). The minimum absolute atomic E-state index is 0.167. The van der Waals surface area contributed by atoms with E-state index in [9.17, 15) is 4.79 Å². The molecule has 0 spiro atoms. The summed E-state index contributed by atoms with van der Waals surface area (Å²) in [6, 6.07) is 0.542. The number of hydrogen-bond donors (Lipinski definition) is 2. The van der Waals surface area contributed by atoms with Crippen LogP contribution in [-0.2, 0) is 4.79 Å². The van der Waals surface area contributed by atoms with Gasteiger partial charge in [0.05, 0.1) is 0 Å². The van der Waals surface area contributed by atoms with Crippen molar-refractivity contribution in [1.82, 2.24) is 10.6 Å². The zero-order valence-corrected chi connectivity index (χ0v) is 12.2. The average Bonchev–Trinajstić information content (AvgIpc) is 2.28. The first-order valence-electron chi connectivity index (χ1n) is 6.64. The Hall–Kier alpha value is -0.220. The van der Waals surface area contributed by atoms with Gasteiger partial charge in [-0.15, -0.1) is 0 Å². The normalized spacial score (nSPS) is 23.4. The maximum atomic E-state index is 11.4. The van der Waals surface area contributed by atoms with Gasteiger partial charge in [-0.1, -0.05) is 20.8 Å². The summed E-state index contributed by atoms with van der Waals surface area (Å²) in [6.07, 6.45) is 2.86.